The topological polar surface area (TPSA) is 74.6 Å². The van der Waals surface area contributed by atoms with E-state index < -0.39 is 11.9 Å². The molecule has 66 valence electrons. The fourth-order valence-corrected chi connectivity index (χ4v) is 0.552. The van der Waals surface area contributed by atoms with Crippen LogP contribution in [0.1, 0.15) is 25.7 Å². The van der Waals surface area contributed by atoms with Gasteiger partial charge in [0, 0.05) is 50.6 Å². The second kappa shape index (κ2) is 8.30. The van der Waals surface area contributed by atoms with Gasteiger partial charge in [-0.3, -0.25) is 9.59 Å². The molecule has 0 aliphatic heterocycles. The summed E-state index contributed by atoms with van der Waals surface area (Å²) < 4.78 is 0. The van der Waals surface area contributed by atoms with Gasteiger partial charge in [-0.2, -0.15) is 0 Å². The molecule has 0 aliphatic rings. The molecule has 0 aromatic heterocycles. The first-order chi connectivity index (χ1) is 4.63. The predicted molar refractivity (Wildman–Crippen MR) is 33.7 cm³/mol. The van der Waals surface area contributed by atoms with Gasteiger partial charge in [0.25, 0.3) is 0 Å². The Kier molecular flexibility index (Phi) is 10.4. The monoisotopic (exact) mass is 186 g/mol. The van der Waals surface area contributed by atoms with Crippen LogP contribution in [0, 0.1) is 37.7 Å². The third-order valence-electron chi connectivity index (χ3n) is 1.03. The first kappa shape index (κ1) is 13.8. The van der Waals surface area contributed by atoms with Crippen molar-refractivity contribution >= 4 is 11.9 Å². The van der Waals surface area contributed by atoms with Crippen molar-refractivity contribution in [2.75, 3.05) is 0 Å². The molecule has 0 heterocycles. The van der Waals surface area contributed by atoms with E-state index in [1.165, 1.54) is 0 Å². The third-order valence-corrected chi connectivity index (χ3v) is 1.03. The molecule has 0 aromatic carbocycles. The molecule has 0 radical (unpaired) electrons. The van der Waals surface area contributed by atoms with Crippen molar-refractivity contribution in [3.05, 3.63) is 0 Å². The van der Waals surface area contributed by atoms with Gasteiger partial charge in [-0.25, -0.2) is 0 Å². The molecule has 0 fully saturated rings. The predicted octanol–water partition coefficient (Wildman–Crippen LogP) is 0.716. The van der Waals surface area contributed by atoms with Crippen LogP contribution < -0.4 is 0 Å². The van der Waals surface area contributed by atoms with E-state index in [2.05, 4.69) is 0 Å². The summed E-state index contributed by atoms with van der Waals surface area (Å²) in [4.78, 5) is 19.8. The summed E-state index contributed by atoms with van der Waals surface area (Å²) in [6.07, 6.45) is 1.02. The molecule has 2 N–H and O–H groups in total. The molecular formula is C6H10ArO4. The number of unbranched alkanes of at least 4 members (excludes halogenated alkanes) is 1. The zero-order valence-corrected chi connectivity index (χ0v) is 6.60. The van der Waals surface area contributed by atoms with E-state index in [1.54, 1.807) is 0 Å². The van der Waals surface area contributed by atoms with Crippen LogP contribution in [0.4, 0.5) is 0 Å². The Balaban J connectivity index is 0. The smallest absolute Gasteiger partial charge is 0.303 e. The standard InChI is InChI=1S/C6H10O4.Ar/c7-5(8)3-1-2-4-6(9)10;/h1-4H2,(H,7,8)(H,9,10);. The van der Waals surface area contributed by atoms with Crippen LogP contribution in [0.2, 0.25) is 0 Å². The Morgan fingerprint density at radius 2 is 1.18 bits per heavy atom. The van der Waals surface area contributed by atoms with Crippen LogP contribution in [0.3, 0.4) is 0 Å². The maximum absolute atomic E-state index is 9.90. The molecule has 0 spiro atoms. The van der Waals surface area contributed by atoms with E-state index in [4.69, 9.17) is 10.2 Å². The summed E-state index contributed by atoms with van der Waals surface area (Å²) in [5.74, 6) is -1.74. The number of carbonyl (C=O) groups is 2. The van der Waals surface area contributed by atoms with Gasteiger partial charge in [0.2, 0.25) is 0 Å². The number of aliphatic carboxylic acids is 2. The minimum Gasteiger partial charge on any atom is -0.481 e. The van der Waals surface area contributed by atoms with Gasteiger partial charge in [-0.1, -0.05) is 0 Å². The van der Waals surface area contributed by atoms with Gasteiger partial charge in [0.05, 0.1) is 0 Å². The van der Waals surface area contributed by atoms with Crippen molar-refractivity contribution < 1.29 is 57.5 Å². The fourth-order valence-electron chi connectivity index (χ4n) is 0.552. The van der Waals surface area contributed by atoms with E-state index in [-0.39, 0.29) is 50.6 Å². The zero-order valence-electron chi connectivity index (χ0n) is 5.89. The normalized spacial score (nSPS) is 8.36. The van der Waals surface area contributed by atoms with E-state index >= 15 is 0 Å². The molecule has 0 atom stereocenters. The number of carboxylic acid groups (broad SMARTS) is 2. The largest absolute Gasteiger partial charge is 0.481 e. The van der Waals surface area contributed by atoms with Crippen molar-refractivity contribution in [2.24, 2.45) is 0 Å². The molecule has 0 aromatic rings. The Bertz CT molecular complexity index is 119. The molecule has 0 rings (SSSR count). The summed E-state index contributed by atoms with van der Waals surface area (Å²) in [6.45, 7) is 0. The summed E-state index contributed by atoms with van der Waals surface area (Å²) in [7, 11) is 0. The average Bonchev–Trinajstić information content (AvgIpc) is 1.79. The Morgan fingerprint density at radius 3 is 1.36 bits per heavy atom. The minimum absolute atomic E-state index is 0. The van der Waals surface area contributed by atoms with Crippen molar-refractivity contribution in [3.63, 3.8) is 0 Å². The van der Waals surface area contributed by atoms with Crippen LogP contribution >= 0.6 is 0 Å². The van der Waals surface area contributed by atoms with Crippen LogP contribution in [-0.2, 0) is 9.59 Å². The molecular weight excluding hydrogens is 176 g/mol. The summed E-state index contributed by atoms with van der Waals surface area (Å²) in [5.41, 5.74) is 0. The maximum atomic E-state index is 9.90. The molecule has 0 saturated carbocycles. The van der Waals surface area contributed by atoms with Crippen molar-refractivity contribution in [1.82, 2.24) is 0 Å². The summed E-state index contributed by atoms with van der Waals surface area (Å²) in [6, 6.07) is 0. The molecule has 5 heteroatoms. The van der Waals surface area contributed by atoms with Crippen molar-refractivity contribution in [1.29, 1.82) is 0 Å². The Hall–Kier alpha value is 0.200. The molecule has 0 saturated heterocycles. The van der Waals surface area contributed by atoms with Crippen molar-refractivity contribution in [3.8, 4) is 0 Å². The number of carboxylic acids is 2. The second-order valence-electron chi connectivity index (χ2n) is 1.99. The van der Waals surface area contributed by atoms with Gasteiger partial charge in [-0.05, 0) is 12.8 Å². The maximum Gasteiger partial charge on any atom is 0.303 e. The zero-order chi connectivity index (χ0) is 7.98. The van der Waals surface area contributed by atoms with Gasteiger partial charge in [0.1, 0.15) is 0 Å². The molecule has 4 nitrogen and oxygen atoms in total. The number of rotatable bonds is 5. The quantitative estimate of drug-likeness (QED) is 0.620. The molecule has 0 aliphatic carbocycles. The SMILES string of the molecule is O=C(O)CCCCC(=O)O.[Ar]. The second-order valence-corrected chi connectivity index (χ2v) is 1.99. The average molecular weight is 186 g/mol. The summed E-state index contributed by atoms with van der Waals surface area (Å²) >= 11 is 0. The minimum atomic E-state index is -0.870. The molecule has 0 bridgehead atoms. The Labute approximate surface area is 94.6 Å². The van der Waals surface area contributed by atoms with E-state index in [0.29, 0.717) is 12.8 Å². The molecule has 0 amide bonds. The van der Waals surface area contributed by atoms with E-state index in [9.17, 15) is 9.59 Å². The summed E-state index contributed by atoms with van der Waals surface area (Å²) in [5, 5.41) is 16.3. The Morgan fingerprint density at radius 1 is 0.909 bits per heavy atom. The van der Waals surface area contributed by atoms with Gasteiger partial charge < -0.3 is 10.2 Å². The van der Waals surface area contributed by atoms with Crippen LogP contribution in [0.15, 0.2) is 0 Å². The third kappa shape index (κ3) is 13.2. The molecule has 0 unspecified atom stereocenters. The van der Waals surface area contributed by atoms with Crippen LogP contribution in [-0.4, -0.2) is 22.2 Å². The van der Waals surface area contributed by atoms with E-state index in [0.717, 1.165) is 0 Å². The van der Waals surface area contributed by atoms with E-state index in [1.807, 2.05) is 0 Å². The first-order valence-electron chi connectivity index (χ1n) is 3.06. The van der Waals surface area contributed by atoms with Crippen LogP contribution in [0.5, 0.6) is 0 Å². The van der Waals surface area contributed by atoms with Gasteiger partial charge in [0.15, 0.2) is 0 Å². The molecule has 11 heavy (non-hydrogen) atoms. The number of hydrogen-bond acceptors (Lipinski definition) is 2. The number of hydrogen-bond donors (Lipinski definition) is 2. The fraction of sp³-hybridized carbons (Fsp3) is 0.667. The van der Waals surface area contributed by atoms with Gasteiger partial charge >= 0.3 is 11.9 Å². The van der Waals surface area contributed by atoms with Crippen molar-refractivity contribution in [2.45, 2.75) is 25.7 Å². The first-order valence-corrected chi connectivity index (χ1v) is 3.06. The van der Waals surface area contributed by atoms with Gasteiger partial charge in [-0.15, -0.1) is 0 Å². The van der Waals surface area contributed by atoms with Crippen LogP contribution in [0.25, 0.3) is 0 Å².